The monoisotopic (exact) mass is 488 g/mol. The van der Waals surface area contributed by atoms with Crippen LogP contribution < -0.4 is 0 Å². The normalized spacial score (nSPS) is 18.3. The highest BCUT2D eigenvalue weighted by Gasteiger charge is 2.47. The van der Waals surface area contributed by atoms with Gasteiger partial charge in [-0.1, -0.05) is 18.2 Å². The molecule has 0 spiro atoms. The van der Waals surface area contributed by atoms with Gasteiger partial charge in [0.15, 0.2) is 0 Å². The van der Waals surface area contributed by atoms with E-state index in [4.69, 9.17) is 0 Å². The second kappa shape index (κ2) is 10.7. The van der Waals surface area contributed by atoms with E-state index in [2.05, 4.69) is 6.58 Å². The van der Waals surface area contributed by atoms with Crippen LogP contribution in [0.3, 0.4) is 0 Å². The van der Waals surface area contributed by atoms with Crippen LogP contribution >= 0.6 is 0 Å². The topological polar surface area (TPSA) is 23.1 Å². The van der Waals surface area contributed by atoms with Gasteiger partial charge in [0.05, 0.1) is 5.56 Å². The molecule has 2 aromatic carbocycles. The van der Waals surface area contributed by atoms with Crippen molar-refractivity contribution in [2.75, 3.05) is 0 Å². The van der Waals surface area contributed by atoms with Crippen LogP contribution in [0, 0.1) is 23.3 Å². The molecular formula is C29H34F4NO. The predicted octanol–water partition coefficient (Wildman–Crippen LogP) is 8.45. The predicted molar refractivity (Wildman–Crippen MR) is 131 cm³/mol. The second-order valence-electron chi connectivity index (χ2n) is 10.7. The van der Waals surface area contributed by atoms with Crippen LogP contribution in [0.25, 0.3) is 11.1 Å². The molecule has 0 saturated carbocycles. The first-order valence-electron chi connectivity index (χ1n) is 12.1. The van der Waals surface area contributed by atoms with Crippen molar-refractivity contribution in [2.45, 2.75) is 83.2 Å². The molecule has 1 fully saturated rings. The van der Waals surface area contributed by atoms with Crippen molar-refractivity contribution in [2.24, 2.45) is 0 Å². The summed E-state index contributed by atoms with van der Waals surface area (Å²) in [4.78, 5) is 0. The van der Waals surface area contributed by atoms with Crippen molar-refractivity contribution in [3.63, 3.8) is 0 Å². The first-order chi connectivity index (χ1) is 16.4. The van der Waals surface area contributed by atoms with E-state index in [9.17, 15) is 14.0 Å². The zero-order valence-corrected chi connectivity index (χ0v) is 20.9. The van der Waals surface area contributed by atoms with Gasteiger partial charge in [-0.05, 0) is 108 Å². The van der Waals surface area contributed by atoms with Gasteiger partial charge < -0.3 is 0 Å². The number of piperidine rings is 1. The summed E-state index contributed by atoms with van der Waals surface area (Å²) in [6.07, 6.45) is 9.13. The third kappa shape index (κ3) is 6.04. The third-order valence-corrected chi connectivity index (χ3v) is 6.77. The molecule has 0 amide bonds. The lowest BCUT2D eigenvalue weighted by Crippen LogP contribution is -2.57. The molecule has 6 heteroatoms. The van der Waals surface area contributed by atoms with Crippen LogP contribution in [0.2, 0.25) is 0 Å². The van der Waals surface area contributed by atoms with Crippen LogP contribution in [-0.2, 0) is 11.6 Å². The molecule has 0 unspecified atom stereocenters. The van der Waals surface area contributed by atoms with Crippen molar-refractivity contribution in [1.82, 2.24) is 5.06 Å². The van der Waals surface area contributed by atoms with Gasteiger partial charge in [-0.3, -0.25) is 0 Å². The maximum absolute atomic E-state index is 15.2. The zero-order valence-electron chi connectivity index (χ0n) is 20.9. The number of nitrogens with zero attached hydrogens (tertiary/aromatic N) is 1. The number of hydroxylamine groups is 2. The van der Waals surface area contributed by atoms with Gasteiger partial charge in [0.1, 0.15) is 23.3 Å². The molecule has 0 N–H and O–H groups in total. The Morgan fingerprint density at radius 3 is 1.89 bits per heavy atom. The summed E-state index contributed by atoms with van der Waals surface area (Å²) >= 11 is 0. The molecule has 35 heavy (non-hydrogen) atoms. The van der Waals surface area contributed by atoms with Crippen molar-refractivity contribution >= 4 is 0 Å². The van der Waals surface area contributed by atoms with Gasteiger partial charge >= 0.3 is 0 Å². The maximum Gasteiger partial charge on any atom is 0.134 e. The highest BCUT2D eigenvalue weighted by atomic mass is 19.1. The fourth-order valence-corrected chi connectivity index (χ4v) is 5.33. The van der Waals surface area contributed by atoms with Crippen molar-refractivity contribution in [1.29, 1.82) is 0 Å². The number of benzene rings is 2. The van der Waals surface area contributed by atoms with E-state index >= 15 is 8.78 Å². The van der Waals surface area contributed by atoms with Crippen LogP contribution in [-0.4, -0.2) is 16.1 Å². The molecule has 1 aliphatic heterocycles. The molecule has 1 aliphatic rings. The Hall–Kier alpha value is -2.44. The quantitative estimate of drug-likeness (QED) is 0.208. The minimum atomic E-state index is -0.858. The molecule has 0 atom stereocenters. The second-order valence-corrected chi connectivity index (χ2v) is 10.7. The lowest BCUT2D eigenvalue weighted by atomic mass is 9.72. The summed E-state index contributed by atoms with van der Waals surface area (Å²) in [5, 5.41) is 13.6. The van der Waals surface area contributed by atoms with Crippen LogP contribution in [0.5, 0.6) is 0 Å². The third-order valence-electron chi connectivity index (χ3n) is 6.77. The maximum atomic E-state index is 15.2. The summed E-state index contributed by atoms with van der Waals surface area (Å²) in [6, 6.07) is 4.42. The van der Waals surface area contributed by atoms with E-state index in [1.807, 2.05) is 18.2 Å². The Labute approximate surface area is 205 Å². The average molecular weight is 489 g/mol. The molecular weight excluding hydrogens is 454 g/mol. The van der Waals surface area contributed by atoms with Gasteiger partial charge in [-0.2, -0.15) is 0 Å². The smallest absolute Gasteiger partial charge is 0.134 e. The number of unbranched alkanes of at least 4 members (excludes halogenated alkanes) is 1. The summed E-state index contributed by atoms with van der Waals surface area (Å²) in [5.74, 6) is -3.96. The molecule has 0 bridgehead atoms. The Bertz CT molecular complexity index is 1040. The van der Waals surface area contributed by atoms with Crippen LogP contribution in [0.15, 0.2) is 49.1 Å². The highest BCUT2D eigenvalue weighted by molar-refractivity contribution is 5.66. The zero-order chi connectivity index (χ0) is 26.0. The van der Waals surface area contributed by atoms with E-state index < -0.39 is 45.8 Å². The first kappa shape index (κ1) is 27.2. The van der Waals surface area contributed by atoms with E-state index in [0.29, 0.717) is 18.4 Å². The Kier molecular flexibility index (Phi) is 8.28. The molecule has 3 rings (SSSR count). The number of halogens is 4. The Balaban J connectivity index is 1.87. The minimum Gasteiger partial charge on any atom is -0.207 e. The molecule has 189 valence electrons. The van der Waals surface area contributed by atoms with Crippen LogP contribution in [0.1, 0.15) is 76.8 Å². The number of hydrogen-bond acceptors (Lipinski definition) is 1. The first-order valence-corrected chi connectivity index (χ1v) is 12.1. The molecule has 2 aromatic rings. The molecule has 1 radical (unpaired) electrons. The van der Waals surface area contributed by atoms with Gasteiger partial charge in [0.25, 0.3) is 0 Å². The standard InChI is InChI=1S/C29H34F4NO/c1-6-7-8-9-10-11-12-19-13-22(30)26(23(31)14-19)20-15-24(32)27(25(33)16-20)21-17-28(2,3)34(35)29(4,5)18-21/h6,9-10,13-16,21H,1,7-8,11-12,17-18H2,2-5H3/b10-9+. The summed E-state index contributed by atoms with van der Waals surface area (Å²) < 4.78 is 60.2. The number of rotatable bonds is 8. The highest BCUT2D eigenvalue weighted by Crippen LogP contribution is 2.46. The molecule has 1 heterocycles. The van der Waals surface area contributed by atoms with Gasteiger partial charge in [-0.25, -0.2) is 17.6 Å². The van der Waals surface area contributed by atoms with Crippen LogP contribution in [0.4, 0.5) is 17.6 Å². The van der Waals surface area contributed by atoms with Crippen molar-refractivity contribution < 1.29 is 22.8 Å². The number of hydrogen-bond donors (Lipinski definition) is 0. The Morgan fingerprint density at radius 1 is 0.857 bits per heavy atom. The lowest BCUT2D eigenvalue weighted by Gasteiger charge is -2.50. The van der Waals surface area contributed by atoms with E-state index in [1.165, 1.54) is 12.1 Å². The molecule has 0 aliphatic carbocycles. The Morgan fingerprint density at radius 2 is 1.37 bits per heavy atom. The van der Waals surface area contributed by atoms with E-state index in [0.717, 1.165) is 30.0 Å². The number of allylic oxidation sites excluding steroid dienone is 3. The summed E-state index contributed by atoms with van der Waals surface area (Å²) in [6.45, 7) is 10.7. The van der Waals surface area contributed by atoms with Crippen molar-refractivity contribution in [3.8, 4) is 11.1 Å². The fourth-order valence-electron chi connectivity index (χ4n) is 5.33. The minimum absolute atomic E-state index is 0.135. The average Bonchev–Trinajstić information content (AvgIpc) is 2.73. The van der Waals surface area contributed by atoms with Gasteiger partial charge in [0.2, 0.25) is 0 Å². The molecule has 1 saturated heterocycles. The number of aryl methyl sites for hydroxylation is 1. The van der Waals surface area contributed by atoms with Crippen molar-refractivity contribution in [3.05, 3.63) is 83.5 Å². The summed E-state index contributed by atoms with van der Waals surface area (Å²) in [5.41, 5.74) is -1.91. The fraction of sp³-hybridized carbons (Fsp3) is 0.448. The van der Waals surface area contributed by atoms with E-state index in [-0.39, 0.29) is 24.0 Å². The molecule has 0 aromatic heterocycles. The van der Waals surface area contributed by atoms with Gasteiger partial charge in [0, 0.05) is 16.6 Å². The lowest BCUT2D eigenvalue weighted by molar-refractivity contribution is -0.289. The largest absolute Gasteiger partial charge is 0.207 e. The summed E-state index contributed by atoms with van der Waals surface area (Å²) in [7, 11) is 0. The van der Waals surface area contributed by atoms with Gasteiger partial charge in [-0.15, -0.1) is 16.8 Å². The van der Waals surface area contributed by atoms with E-state index in [1.54, 1.807) is 27.7 Å². The molecule has 2 nitrogen and oxygen atoms in total. The SMILES string of the molecule is C=CCC/C=C/CCc1cc(F)c(-c2cc(F)c(C3CC(C)(C)N([O])C(C)(C)C3)c(F)c2)c(F)c1.